The molecular weight excluding hydrogens is 386 g/mol. The molecule has 2 aromatic rings. The van der Waals surface area contributed by atoms with E-state index >= 15 is 0 Å². The van der Waals surface area contributed by atoms with Crippen molar-refractivity contribution in [2.75, 3.05) is 13.1 Å². The van der Waals surface area contributed by atoms with E-state index in [2.05, 4.69) is 14.8 Å². The third kappa shape index (κ3) is 4.57. The summed E-state index contributed by atoms with van der Waals surface area (Å²) in [6.45, 7) is 0.988. The fraction of sp³-hybridized carbons (Fsp3) is 0.294. The predicted octanol–water partition coefficient (Wildman–Crippen LogP) is 3.52. The average Bonchev–Trinajstić information content (AvgIpc) is 3.03. The topological polar surface area (TPSA) is 74.2 Å². The number of hydrogen-bond acceptors (Lipinski definition) is 4. The van der Waals surface area contributed by atoms with Crippen LogP contribution in [0.1, 0.15) is 12.0 Å². The molecule has 5 nitrogen and oxygen atoms in total. The zero-order valence-corrected chi connectivity index (χ0v) is 14.8. The predicted molar refractivity (Wildman–Crippen MR) is 91.0 cm³/mol. The molecule has 146 valence electrons. The van der Waals surface area contributed by atoms with E-state index in [4.69, 9.17) is 4.78 Å². The quantitative estimate of drug-likeness (QED) is 0.669. The highest BCUT2D eigenvalue weighted by atomic mass is 32.2. The second-order valence-corrected chi connectivity index (χ2v) is 7.98. The van der Waals surface area contributed by atoms with Crippen LogP contribution in [0, 0.1) is 10.6 Å². The molecule has 0 aromatic heterocycles. The molecule has 0 bridgehead atoms. The van der Waals surface area contributed by atoms with Crippen LogP contribution in [-0.4, -0.2) is 23.7 Å². The van der Waals surface area contributed by atoms with Gasteiger partial charge in [-0.25, -0.2) is 18.1 Å². The lowest BCUT2D eigenvalue weighted by atomic mass is 9.90. The van der Waals surface area contributed by atoms with Gasteiger partial charge in [0.05, 0.1) is 10.4 Å². The molecule has 3 rings (SSSR count). The van der Waals surface area contributed by atoms with E-state index in [1.807, 2.05) is 0 Å². The minimum atomic E-state index is -4.83. The van der Waals surface area contributed by atoms with Crippen LogP contribution in [0.4, 0.5) is 17.6 Å². The van der Waals surface area contributed by atoms with E-state index in [0.29, 0.717) is 25.1 Å². The van der Waals surface area contributed by atoms with Crippen LogP contribution in [0.2, 0.25) is 0 Å². The smallest absolute Gasteiger partial charge is 0.406 e. The molecule has 0 amide bonds. The lowest BCUT2D eigenvalue weighted by Gasteiger charge is -2.31. The van der Waals surface area contributed by atoms with Gasteiger partial charge < -0.3 is 10.1 Å². The molecule has 1 heterocycles. The van der Waals surface area contributed by atoms with E-state index < -0.39 is 33.4 Å². The van der Waals surface area contributed by atoms with Crippen molar-refractivity contribution < 1.29 is 26.5 Å². The number of alkyl halides is 3. The molecule has 3 N–H and O–H groups in total. The van der Waals surface area contributed by atoms with Crippen LogP contribution >= 0.6 is 0 Å². The van der Waals surface area contributed by atoms with Crippen molar-refractivity contribution >= 4 is 9.92 Å². The summed E-state index contributed by atoms with van der Waals surface area (Å²) in [4.78, 5) is 0.0189. The van der Waals surface area contributed by atoms with E-state index in [9.17, 15) is 21.8 Å². The third-order valence-electron chi connectivity index (χ3n) is 4.28. The van der Waals surface area contributed by atoms with Crippen LogP contribution in [0.3, 0.4) is 0 Å². The van der Waals surface area contributed by atoms with Gasteiger partial charge in [-0.3, -0.25) is 0 Å². The Morgan fingerprint density at radius 1 is 1.11 bits per heavy atom. The summed E-state index contributed by atoms with van der Waals surface area (Å²) in [5, 5.41) is 3.13. The summed E-state index contributed by atoms with van der Waals surface area (Å²) in [6.07, 6.45) is -4.31. The summed E-state index contributed by atoms with van der Waals surface area (Å²) < 4.78 is 77.8. The van der Waals surface area contributed by atoms with Gasteiger partial charge >= 0.3 is 6.36 Å². The van der Waals surface area contributed by atoms with E-state index in [1.165, 1.54) is 12.1 Å². The molecule has 10 heteroatoms. The Kier molecular flexibility index (Phi) is 5.15. The molecule has 2 atom stereocenters. The van der Waals surface area contributed by atoms with Crippen molar-refractivity contribution in [2.24, 2.45) is 0 Å². The van der Waals surface area contributed by atoms with Gasteiger partial charge in [0, 0.05) is 6.54 Å². The van der Waals surface area contributed by atoms with Gasteiger partial charge in [0.1, 0.15) is 21.5 Å². The maximum absolute atomic E-state index is 13.2. The van der Waals surface area contributed by atoms with E-state index in [0.717, 1.165) is 24.3 Å². The van der Waals surface area contributed by atoms with Gasteiger partial charge in [0.15, 0.2) is 0 Å². The van der Waals surface area contributed by atoms with Crippen LogP contribution < -0.4 is 14.8 Å². The molecule has 2 unspecified atom stereocenters. The summed E-state index contributed by atoms with van der Waals surface area (Å²) in [6, 6.07) is 10.0. The lowest BCUT2D eigenvalue weighted by Crippen LogP contribution is -2.46. The Hall–Kier alpha value is -2.17. The minimum absolute atomic E-state index is 0.0189. The van der Waals surface area contributed by atoms with Crippen LogP contribution in [0.25, 0.3) is 0 Å². The number of nitrogens with one attached hydrogen (secondary N) is 3. The van der Waals surface area contributed by atoms with Crippen molar-refractivity contribution in [3.63, 3.8) is 0 Å². The molecule has 2 aromatic carbocycles. The van der Waals surface area contributed by atoms with Crippen molar-refractivity contribution in [1.82, 2.24) is 10.0 Å². The molecule has 1 saturated heterocycles. The Morgan fingerprint density at radius 3 is 2.26 bits per heavy atom. The molecule has 0 radical (unpaired) electrons. The number of ether oxygens (including phenoxy) is 1. The second kappa shape index (κ2) is 7.10. The summed E-state index contributed by atoms with van der Waals surface area (Å²) in [7, 11) is -3.54. The Labute approximate surface area is 153 Å². The highest BCUT2D eigenvalue weighted by molar-refractivity contribution is 7.90. The van der Waals surface area contributed by atoms with Gasteiger partial charge in [-0.2, -0.15) is 0 Å². The first-order chi connectivity index (χ1) is 12.6. The first-order valence-electron chi connectivity index (χ1n) is 8.00. The first kappa shape index (κ1) is 19.6. The normalized spacial score (nSPS) is 22.4. The minimum Gasteiger partial charge on any atom is -0.406 e. The van der Waals surface area contributed by atoms with Crippen molar-refractivity contribution in [2.45, 2.75) is 23.2 Å². The fourth-order valence-electron chi connectivity index (χ4n) is 3.02. The molecule has 1 aliphatic heterocycles. The van der Waals surface area contributed by atoms with Gasteiger partial charge in [-0.1, -0.05) is 12.1 Å². The van der Waals surface area contributed by atoms with Gasteiger partial charge in [0.2, 0.25) is 0 Å². The summed E-state index contributed by atoms with van der Waals surface area (Å²) in [5.41, 5.74) is -0.181. The molecule has 0 spiro atoms. The SMILES string of the molecule is N=S(=O)(NC1(c2ccc(F)cc2)CCNC1)c1ccc(OC(F)(F)F)cc1. The number of benzene rings is 2. The number of halogens is 4. The van der Waals surface area contributed by atoms with Gasteiger partial charge in [-0.05, 0) is 54.9 Å². The largest absolute Gasteiger partial charge is 0.573 e. The highest BCUT2D eigenvalue weighted by Gasteiger charge is 2.38. The fourth-order valence-corrected chi connectivity index (χ4v) is 4.50. The molecule has 27 heavy (non-hydrogen) atoms. The maximum atomic E-state index is 13.2. The second-order valence-electron chi connectivity index (χ2n) is 6.19. The van der Waals surface area contributed by atoms with Gasteiger partial charge in [0.25, 0.3) is 0 Å². The summed E-state index contributed by atoms with van der Waals surface area (Å²) >= 11 is 0. The van der Waals surface area contributed by atoms with Crippen LogP contribution in [0.15, 0.2) is 53.4 Å². The summed E-state index contributed by atoms with van der Waals surface area (Å²) in [5.74, 6) is -0.871. The van der Waals surface area contributed by atoms with Gasteiger partial charge in [-0.15, -0.1) is 13.2 Å². The van der Waals surface area contributed by atoms with Crippen molar-refractivity contribution in [3.8, 4) is 5.75 Å². The zero-order valence-electron chi connectivity index (χ0n) is 14.0. The van der Waals surface area contributed by atoms with E-state index in [-0.39, 0.29) is 4.90 Å². The Bertz CT molecular complexity index is 891. The van der Waals surface area contributed by atoms with Crippen molar-refractivity contribution in [3.05, 3.63) is 59.9 Å². The standard InChI is InChI=1S/C17H17F4N3O2S/c18-13-3-1-12(2-4-13)16(9-10-23-11-16)24-27(22,25)15-7-5-14(6-8-15)26-17(19,20)21/h1-8,23H,9-11H2,(H2,22,24,25). The zero-order chi connectivity index (χ0) is 19.7. The first-order valence-corrected chi connectivity index (χ1v) is 9.56. The van der Waals surface area contributed by atoms with E-state index in [1.54, 1.807) is 12.1 Å². The Morgan fingerprint density at radius 2 is 1.74 bits per heavy atom. The molecule has 0 saturated carbocycles. The molecular formula is C17H17F4N3O2S. The monoisotopic (exact) mass is 403 g/mol. The van der Waals surface area contributed by atoms with Crippen molar-refractivity contribution in [1.29, 1.82) is 4.78 Å². The molecule has 1 fully saturated rings. The third-order valence-corrected chi connectivity index (χ3v) is 5.89. The van der Waals surface area contributed by atoms with Crippen LogP contribution in [0.5, 0.6) is 5.75 Å². The van der Waals surface area contributed by atoms with Crippen LogP contribution in [-0.2, 0) is 15.5 Å². The number of hydrogen-bond donors (Lipinski definition) is 3. The maximum Gasteiger partial charge on any atom is 0.573 e. The number of rotatable bonds is 5. The average molecular weight is 403 g/mol. The lowest BCUT2D eigenvalue weighted by molar-refractivity contribution is -0.274. The Balaban J connectivity index is 1.86. The molecule has 0 aliphatic carbocycles. The molecule has 1 aliphatic rings. The highest BCUT2D eigenvalue weighted by Crippen LogP contribution is 2.31.